The first-order chi connectivity index (χ1) is 7.63. The van der Waals surface area contributed by atoms with Crippen LogP contribution in [0.4, 0.5) is 0 Å². The highest BCUT2D eigenvalue weighted by atomic mass is 16.2. The van der Waals surface area contributed by atoms with Gasteiger partial charge in [0.1, 0.15) is 0 Å². The van der Waals surface area contributed by atoms with E-state index in [-0.39, 0.29) is 6.04 Å². The van der Waals surface area contributed by atoms with Crippen molar-refractivity contribution in [3.05, 3.63) is 0 Å². The molecule has 0 saturated carbocycles. The number of likely N-dealkylation sites (tertiary alicyclic amines) is 1. The van der Waals surface area contributed by atoms with Crippen molar-refractivity contribution in [3.8, 4) is 0 Å². The minimum absolute atomic E-state index is 0.221. The van der Waals surface area contributed by atoms with Crippen molar-refractivity contribution in [2.75, 3.05) is 13.1 Å². The van der Waals surface area contributed by atoms with Gasteiger partial charge in [0.2, 0.25) is 5.91 Å². The molecule has 3 nitrogen and oxygen atoms in total. The van der Waals surface area contributed by atoms with Gasteiger partial charge in [-0.3, -0.25) is 4.79 Å². The molecule has 0 aromatic heterocycles. The molecule has 2 unspecified atom stereocenters. The van der Waals surface area contributed by atoms with Crippen LogP contribution in [-0.4, -0.2) is 29.9 Å². The summed E-state index contributed by atoms with van der Waals surface area (Å²) in [7, 11) is 0. The van der Waals surface area contributed by atoms with Crippen molar-refractivity contribution in [2.45, 2.75) is 58.4 Å². The predicted molar refractivity (Wildman–Crippen MR) is 67.1 cm³/mol. The van der Waals surface area contributed by atoms with Crippen LogP contribution in [0.25, 0.3) is 0 Å². The average molecular weight is 226 g/mol. The van der Waals surface area contributed by atoms with E-state index in [1.165, 1.54) is 19.3 Å². The monoisotopic (exact) mass is 226 g/mol. The smallest absolute Gasteiger partial charge is 0.222 e. The molecular formula is C13H26N2O. The van der Waals surface area contributed by atoms with E-state index >= 15 is 0 Å². The van der Waals surface area contributed by atoms with E-state index in [0.717, 1.165) is 31.8 Å². The average Bonchev–Trinajstić information content (AvgIpc) is 2.66. The maximum absolute atomic E-state index is 11.9. The Hall–Kier alpha value is -0.570. The number of hydrogen-bond donors (Lipinski definition) is 1. The highest BCUT2D eigenvalue weighted by molar-refractivity contribution is 5.76. The number of carbonyl (C=O) groups excluding carboxylic acids is 1. The van der Waals surface area contributed by atoms with Crippen molar-refractivity contribution in [1.29, 1.82) is 0 Å². The Bertz CT molecular complexity index is 216. The van der Waals surface area contributed by atoms with Gasteiger partial charge in [-0.25, -0.2) is 0 Å². The lowest BCUT2D eigenvalue weighted by atomic mass is 10.0. The Morgan fingerprint density at radius 3 is 2.94 bits per heavy atom. The number of nitrogens with two attached hydrogens (primary N) is 1. The fourth-order valence-corrected chi connectivity index (χ4v) is 2.44. The molecule has 0 spiro atoms. The minimum Gasteiger partial charge on any atom is -0.342 e. The van der Waals surface area contributed by atoms with Crippen LogP contribution in [0, 0.1) is 5.92 Å². The molecule has 3 heteroatoms. The minimum atomic E-state index is 0.221. The zero-order chi connectivity index (χ0) is 12.0. The molecule has 1 rings (SSSR count). The fourth-order valence-electron chi connectivity index (χ4n) is 2.44. The lowest BCUT2D eigenvalue weighted by molar-refractivity contribution is -0.130. The Balaban J connectivity index is 2.18. The summed E-state index contributed by atoms with van der Waals surface area (Å²) in [6.07, 6.45) is 6.28. The maximum atomic E-state index is 11.9. The van der Waals surface area contributed by atoms with E-state index in [2.05, 4.69) is 6.92 Å². The molecule has 1 heterocycles. The summed E-state index contributed by atoms with van der Waals surface area (Å²) in [4.78, 5) is 13.9. The fraction of sp³-hybridized carbons (Fsp3) is 0.923. The van der Waals surface area contributed by atoms with Crippen molar-refractivity contribution in [1.82, 2.24) is 4.90 Å². The topological polar surface area (TPSA) is 46.3 Å². The third-order valence-electron chi connectivity index (χ3n) is 3.39. The Morgan fingerprint density at radius 2 is 2.31 bits per heavy atom. The summed E-state index contributed by atoms with van der Waals surface area (Å²) in [5, 5.41) is 0. The van der Waals surface area contributed by atoms with Crippen molar-refractivity contribution >= 4 is 5.91 Å². The van der Waals surface area contributed by atoms with Gasteiger partial charge in [-0.2, -0.15) is 0 Å². The molecule has 0 aliphatic carbocycles. The molecule has 16 heavy (non-hydrogen) atoms. The lowest BCUT2D eigenvalue weighted by Crippen LogP contribution is -2.28. The molecule has 0 aromatic rings. The lowest BCUT2D eigenvalue weighted by Gasteiger charge is -2.16. The first kappa shape index (κ1) is 13.5. The molecule has 2 N–H and O–H groups in total. The van der Waals surface area contributed by atoms with Crippen LogP contribution in [0.15, 0.2) is 0 Å². The van der Waals surface area contributed by atoms with Gasteiger partial charge in [0, 0.05) is 25.6 Å². The summed E-state index contributed by atoms with van der Waals surface area (Å²) in [5.74, 6) is 1.08. The zero-order valence-corrected chi connectivity index (χ0v) is 10.7. The van der Waals surface area contributed by atoms with E-state index < -0.39 is 0 Å². The molecule has 1 aliphatic rings. The van der Waals surface area contributed by atoms with Crippen LogP contribution in [0.2, 0.25) is 0 Å². The molecule has 1 saturated heterocycles. The van der Waals surface area contributed by atoms with Gasteiger partial charge in [-0.1, -0.05) is 13.3 Å². The van der Waals surface area contributed by atoms with Crippen molar-refractivity contribution in [2.24, 2.45) is 11.7 Å². The van der Waals surface area contributed by atoms with E-state index in [1.807, 2.05) is 11.8 Å². The quantitative estimate of drug-likeness (QED) is 0.754. The first-order valence-electron chi connectivity index (χ1n) is 6.66. The normalized spacial score (nSPS) is 22.4. The molecule has 1 aliphatic heterocycles. The third kappa shape index (κ3) is 4.52. The van der Waals surface area contributed by atoms with Crippen LogP contribution < -0.4 is 5.73 Å². The Kier molecular flexibility index (Phi) is 5.81. The van der Waals surface area contributed by atoms with Crippen LogP contribution in [-0.2, 0) is 4.79 Å². The summed E-state index contributed by atoms with van der Waals surface area (Å²) in [6, 6.07) is 0.221. The Morgan fingerprint density at radius 1 is 1.56 bits per heavy atom. The van der Waals surface area contributed by atoms with Crippen LogP contribution >= 0.6 is 0 Å². The highest BCUT2D eigenvalue weighted by Gasteiger charge is 2.24. The standard InChI is InChI=1S/C13H26N2O/c1-3-5-12-8-9-15(10-12)13(16)7-4-6-11(2)14/h11-12H,3-10,14H2,1-2H3. The SMILES string of the molecule is CCCC1CCN(C(=O)CCCC(C)N)C1. The van der Waals surface area contributed by atoms with Crippen LogP contribution in [0.5, 0.6) is 0 Å². The van der Waals surface area contributed by atoms with Gasteiger partial charge >= 0.3 is 0 Å². The van der Waals surface area contributed by atoms with Gasteiger partial charge < -0.3 is 10.6 Å². The Labute approximate surface area is 99.4 Å². The molecule has 94 valence electrons. The second-order valence-corrected chi connectivity index (χ2v) is 5.15. The molecular weight excluding hydrogens is 200 g/mol. The number of rotatable bonds is 6. The first-order valence-corrected chi connectivity index (χ1v) is 6.66. The summed E-state index contributed by atoms with van der Waals surface area (Å²) in [6.45, 7) is 6.18. The van der Waals surface area contributed by atoms with Crippen molar-refractivity contribution < 1.29 is 4.79 Å². The van der Waals surface area contributed by atoms with E-state index in [1.54, 1.807) is 0 Å². The third-order valence-corrected chi connectivity index (χ3v) is 3.39. The van der Waals surface area contributed by atoms with Gasteiger partial charge in [0.25, 0.3) is 0 Å². The molecule has 1 amide bonds. The summed E-state index contributed by atoms with van der Waals surface area (Å²) in [5.41, 5.74) is 5.67. The van der Waals surface area contributed by atoms with Gasteiger partial charge in [-0.05, 0) is 38.5 Å². The van der Waals surface area contributed by atoms with Gasteiger partial charge in [0.05, 0.1) is 0 Å². The van der Waals surface area contributed by atoms with Gasteiger partial charge in [-0.15, -0.1) is 0 Å². The zero-order valence-electron chi connectivity index (χ0n) is 10.7. The molecule has 0 radical (unpaired) electrons. The van der Waals surface area contributed by atoms with Crippen LogP contribution in [0.3, 0.4) is 0 Å². The van der Waals surface area contributed by atoms with Crippen LogP contribution in [0.1, 0.15) is 52.4 Å². The number of amides is 1. The van der Waals surface area contributed by atoms with Gasteiger partial charge in [0.15, 0.2) is 0 Å². The second-order valence-electron chi connectivity index (χ2n) is 5.15. The molecule has 0 aromatic carbocycles. The largest absolute Gasteiger partial charge is 0.342 e. The highest BCUT2D eigenvalue weighted by Crippen LogP contribution is 2.21. The number of nitrogens with zero attached hydrogens (tertiary/aromatic N) is 1. The van der Waals surface area contributed by atoms with E-state index in [9.17, 15) is 4.79 Å². The molecule has 2 atom stereocenters. The summed E-state index contributed by atoms with van der Waals surface area (Å²) < 4.78 is 0. The second kappa shape index (κ2) is 6.89. The van der Waals surface area contributed by atoms with Crippen molar-refractivity contribution in [3.63, 3.8) is 0 Å². The predicted octanol–water partition coefficient (Wildman–Crippen LogP) is 2.15. The molecule has 1 fully saturated rings. The van der Waals surface area contributed by atoms with E-state index in [4.69, 9.17) is 5.73 Å². The molecule has 0 bridgehead atoms. The summed E-state index contributed by atoms with van der Waals surface area (Å²) >= 11 is 0. The number of carbonyl (C=O) groups is 1. The van der Waals surface area contributed by atoms with E-state index in [0.29, 0.717) is 12.3 Å². The number of hydrogen-bond acceptors (Lipinski definition) is 2. The maximum Gasteiger partial charge on any atom is 0.222 e.